The van der Waals surface area contributed by atoms with Gasteiger partial charge in [-0.15, -0.1) is 0 Å². The Morgan fingerprint density at radius 2 is 2.14 bits per heavy atom. The van der Waals surface area contributed by atoms with E-state index in [0.29, 0.717) is 11.3 Å². The third-order valence-electron chi connectivity index (χ3n) is 3.05. The van der Waals surface area contributed by atoms with Gasteiger partial charge < -0.3 is 9.88 Å². The van der Waals surface area contributed by atoms with Crippen LogP contribution in [0.1, 0.15) is 28.5 Å². The van der Waals surface area contributed by atoms with E-state index in [9.17, 15) is 4.79 Å². The van der Waals surface area contributed by atoms with Crippen molar-refractivity contribution in [2.24, 2.45) is 12.0 Å². The van der Waals surface area contributed by atoms with E-state index in [2.05, 4.69) is 23.5 Å². The van der Waals surface area contributed by atoms with Crippen molar-refractivity contribution in [2.45, 2.75) is 13.8 Å². The molecular weight excluding hydrogens is 274 g/mol. The molecule has 0 atom stereocenters. The summed E-state index contributed by atoms with van der Waals surface area (Å²) in [5.74, 6) is -0.168. The highest BCUT2D eigenvalue weighted by molar-refractivity contribution is 6.00. The second-order valence-electron chi connectivity index (χ2n) is 5.05. The van der Waals surface area contributed by atoms with E-state index in [1.54, 1.807) is 25.4 Å². The number of aliphatic imine (C=N–C) groups is 1. The summed E-state index contributed by atoms with van der Waals surface area (Å²) in [5.41, 5.74) is 3.98. The summed E-state index contributed by atoms with van der Waals surface area (Å²) in [4.78, 5) is 16.4. The topological polar surface area (TPSA) is 46.4 Å². The standard InChI is InChI=1S/C18H23N3O/c1-7-8-9-17-14(4)16(12-21(17)6)18(22)20-15(11-19-5)10-13(2)3/h7-12H,1-2H2,3-6H3,(H,20,22)/b9-8-,15-10+,19-11?. The monoisotopic (exact) mass is 297 g/mol. The van der Waals surface area contributed by atoms with Crippen molar-refractivity contribution in [1.82, 2.24) is 9.88 Å². The summed E-state index contributed by atoms with van der Waals surface area (Å²) < 4.78 is 1.92. The zero-order valence-electron chi connectivity index (χ0n) is 13.7. The van der Waals surface area contributed by atoms with Gasteiger partial charge in [-0.05, 0) is 31.6 Å². The van der Waals surface area contributed by atoms with Crippen molar-refractivity contribution in [2.75, 3.05) is 7.05 Å². The number of amides is 1. The van der Waals surface area contributed by atoms with Gasteiger partial charge >= 0.3 is 0 Å². The van der Waals surface area contributed by atoms with Crippen molar-refractivity contribution in [1.29, 1.82) is 0 Å². The van der Waals surface area contributed by atoms with Crippen molar-refractivity contribution in [3.05, 3.63) is 65.7 Å². The normalized spacial score (nSPS) is 12.1. The van der Waals surface area contributed by atoms with Crippen LogP contribution in [0, 0.1) is 6.92 Å². The first-order valence-electron chi connectivity index (χ1n) is 6.96. The van der Waals surface area contributed by atoms with Gasteiger partial charge in [0.2, 0.25) is 0 Å². The molecule has 1 rings (SSSR count). The maximum atomic E-state index is 12.5. The van der Waals surface area contributed by atoms with Crippen molar-refractivity contribution in [3.8, 4) is 0 Å². The number of aryl methyl sites for hydroxylation is 1. The highest BCUT2D eigenvalue weighted by atomic mass is 16.1. The van der Waals surface area contributed by atoms with Gasteiger partial charge in [-0.1, -0.05) is 30.9 Å². The molecule has 0 aliphatic carbocycles. The Morgan fingerprint density at radius 1 is 1.45 bits per heavy atom. The number of hydrogen-bond acceptors (Lipinski definition) is 2. The van der Waals surface area contributed by atoms with Gasteiger partial charge in [0.1, 0.15) is 0 Å². The lowest BCUT2D eigenvalue weighted by atomic mass is 10.1. The molecule has 0 aliphatic rings. The molecule has 0 radical (unpaired) electrons. The maximum absolute atomic E-state index is 12.5. The Kier molecular flexibility index (Phi) is 6.32. The van der Waals surface area contributed by atoms with Gasteiger partial charge in [0.05, 0.1) is 11.3 Å². The van der Waals surface area contributed by atoms with Crippen molar-refractivity contribution < 1.29 is 4.79 Å². The van der Waals surface area contributed by atoms with Gasteiger partial charge in [0, 0.05) is 32.2 Å². The molecule has 0 aliphatic heterocycles. The first kappa shape index (κ1) is 17.4. The average molecular weight is 297 g/mol. The van der Waals surface area contributed by atoms with Crippen LogP contribution in [0.15, 0.2) is 53.8 Å². The molecule has 1 aromatic heterocycles. The van der Waals surface area contributed by atoms with Crippen LogP contribution in [0.5, 0.6) is 0 Å². The highest BCUT2D eigenvalue weighted by Crippen LogP contribution is 2.17. The molecule has 1 amide bonds. The van der Waals surface area contributed by atoms with Crippen LogP contribution in [0.25, 0.3) is 6.08 Å². The van der Waals surface area contributed by atoms with E-state index in [1.807, 2.05) is 43.8 Å². The molecule has 0 saturated heterocycles. The SMILES string of the molecule is C=C/C=C\c1c(C)c(C(=O)N/C(C=NC)=C/C(=C)C)cn1C. The number of rotatable bonds is 6. The zero-order valence-corrected chi connectivity index (χ0v) is 13.7. The molecule has 1 heterocycles. The molecule has 4 heteroatoms. The van der Waals surface area contributed by atoms with Crippen LogP contribution >= 0.6 is 0 Å². The van der Waals surface area contributed by atoms with Crippen LogP contribution in [0.4, 0.5) is 0 Å². The summed E-state index contributed by atoms with van der Waals surface area (Å²) in [6, 6.07) is 0. The van der Waals surface area contributed by atoms with Crippen molar-refractivity contribution in [3.63, 3.8) is 0 Å². The Labute approximate surface area is 132 Å². The number of allylic oxidation sites excluding steroid dienone is 5. The summed E-state index contributed by atoms with van der Waals surface area (Å²) in [5, 5.41) is 2.86. The first-order chi connectivity index (χ1) is 10.4. The molecule has 1 N–H and O–H groups in total. The molecule has 0 bridgehead atoms. The van der Waals surface area contributed by atoms with E-state index < -0.39 is 0 Å². The molecular formula is C18H23N3O. The Bertz CT molecular complexity index is 673. The molecule has 1 aromatic rings. The Hall–Kier alpha value is -2.62. The van der Waals surface area contributed by atoms with Crippen LogP contribution in [-0.4, -0.2) is 23.7 Å². The minimum atomic E-state index is -0.168. The van der Waals surface area contributed by atoms with Crippen LogP contribution < -0.4 is 5.32 Å². The van der Waals surface area contributed by atoms with Crippen LogP contribution in [-0.2, 0) is 7.05 Å². The molecule has 0 spiro atoms. The fourth-order valence-electron chi connectivity index (χ4n) is 2.10. The molecule has 0 unspecified atom stereocenters. The second-order valence-corrected chi connectivity index (χ2v) is 5.05. The van der Waals surface area contributed by atoms with Gasteiger partial charge in [-0.2, -0.15) is 0 Å². The van der Waals surface area contributed by atoms with Crippen LogP contribution in [0.3, 0.4) is 0 Å². The van der Waals surface area contributed by atoms with Gasteiger partial charge in [0.25, 0.3) is 5.91 Å². The van der Waals surface area contributed by atoms with Gasteiger partial charge in [-0.3, -0.25) is 9.79 Å². The lowest BCUT2D eigenvalue weighted by Crippen LogP contribution is -2.24. The summed E-state index contributed by atoms with van der Waals surface area (Å²) in [6.45, 7) is 11.3. The summed E-state index contributed by atoms with van der Waals surface area (Å²) in [7, 11) is 3.56. The Morgan fingerprint density at radius 3 is 2.68 bits per heavy atom. The predicted octanol–water partition coefficient (Wildman–Crippen LogP) is 3.42. The molecule has 4 nitrogen and oxygen atoms in total. The molecule has 0 fully saturated rings. The molecule has 0 saturated carbocycles. The highest BCUT2D eigenvalue weighted by Gasteiger charge is 2.15. The number of hydrogen-bond donors (Lipinski definition) is 1. The van der Waals surface area contributed by atoms with E-state index in [-0.39, 0.29) is 5.91 Å². The van der Waals surface area contributed by atoms with E-state index in [1.165, 1.54) is 0 Å². The fourth-order valence-corrected chi connectivity index (χ4v) is 2.10. The van der Waals surface area contributed by atoms with Crippen molar-refractivity contribution >= 4 is 18.2 Å². The third kappa shape index (κ3) is 4.45. The quantitative estimate of drug-likeness (QED) is 0.634. The fraction of sp³-hybridized carbons (Fsp3) is 0.222. The minimum Gasteiger partial charge on any atom is -0.350 e. The first-order valence-corrected chi connectivity index (χ1v) is 6.96. The van der Waals surface area contributed by atoms with Crippen LogP contribution in [0.2, 0.25) is 0 Å². The summed E-state index contributed by atoms with van der Waals surface area (Å²) in [6.07, 6.45) is 10.7. The number of nitrogens with one attached hydrogen (secondary N) is 1. The minimum absolute atomic E-state index is 0.168. The van der Waals surface area contributed by atoms with E-state index >= 15 is 0 Å². The van der Waals surface area contributed by atoms with Gasteiger partial charge in [-0.25, -0.2) is 0 Å². The maximum Gasteiger partial charge on any atom is 0.257 e. The largest absolute Gasteiger partial charge is 0.350 e. The number of aromatic nitrogens is 1. The van der Waals surface area contributed by atoms with Gasteiger partial charge in [0.15, 0.2) is 0 Å². The number of carbonyl (C=O) groups excluding carboxylic acids is 1. The van der Waals surface area contributed by atoms with E-state index in [4.69, 9.17) is 0 Å². The predicted molar refractivity (Wildman–Crippen MR) is 94.2 cm³/mol. The smallest absolute Gasteiger partial charge is 0.257 e. The number of nitrogens with zero attached hydrogens (tertiary/aromatic N) is 2. The molecule has 0 aromatic carbocycles. The zero-order chi connectivity index (χ0) is 16.7. The average Bonchev–Trinajstić information content (AvgIpc) is 2.71. The lowest BCUT2D eigenvalue weighted by molar-refractivity contribution is 0.0967. The second kappa shape index (κ2) is 7.98. The number of carbonyl (C=O) groups is 1. The van der Waals surface area contributed by atoms with E-state index in [0.717, 1.165) is 16.8 Å². The lowest BCUT2D eigenvalue weighted by Gasteiger charge is -2.05. The summed E-state index contributed by atoms with van der Waals surface area (Å²) >= 11 is 0. The third-order valence-corrected chi connectivity index (χ3v) is 3.05. The molecule has 116 valence electrons. The molecule has 22 heavy (non-hydrogen) atoms. The Balaban J connectivity index is 3.11.